The molecule has 0 radical (unpaired) electrons. The lowest BCUT2D eigenvalue weighted by Gasteiger charge is -2.32. The Morgan fingerprint density at radius 3 is 2.00 bits per heavy atom. The minimum absolute atomic E-state index is 0.0116. The fourth-order valence-electron chi connectivity index (χ4n) is 2.61. The van der Waals surface area contributed by atoms with Gasteiger partial charge in [-0.25, -0.2) is 0 Å². The van der Waals surface area contributed by atoms with Gasteiger partial charge in [0.15, 0.2) is 0 Å². The second kappa shape index (κ2) is 3.86. The lowest BCUT2D eigenvalue weighted by molar-refractivity contribution is -0.432. The van der Waals surface area contributed by atoms with Crippen LogP contribution in [-0.4, -0.2) is 24.3 Å². The van der Waals surface area contributed by atoms with Crippen LogP contribution in [0, 0.1) is 11.3 Å². The molecule has 0 amide bonds. The Labute approximate surface area is 104 Å². The fourth-order valence-corrected chi connectivity index (χ4v) is 2.61. The van der Waals surface area contributed by atoms with Crippen molar-refractivity contribution in [2.24, 2.45) is 11.3 Å². The van der Waals surface area contributed by atoms with E-state index in [4.69, 9.17) is 0 Å². The quantitative estimate of drug-likeness (QED) is 0.561. The Hall–Kier alpha value is -0.790. The van der Waals surface area contributed by atoms with Gasteiger partial charge in [0.25, 0.3) is 0 Å². The Bertz CT molecular complexity index is 400. The van der Waals surface area contributed by atoms with Crippen molar-refractivity contribution in [1.29, 1.82) is 0 Å². The summed E-state index contributed by atoms with van der Waals surface area (Å²) in [5.74, 6) is -6.74. The SMILES string of the molecule is CC12C=CC(C1)C(OC(F)(F)C(F)(F)C(F)(F)F)C2. The van der Waals surface area contributed by atoms with Gasteiger partial charge in [-0.2, -0.15) is 30.7 Å². The molecule has 0 aromatic carbocycles. The summed E-state index contributed by atoms with van der Waals surface area (Å²) in [6, 6.07) is 0. The molecule has 0 N–H and O–H groups in total. The van der Waals surface area contributed by atoms with Gasteiger partial charge < -0.3 is 4.74 Å². The van der Waals surface area contributed by atoms with Crippen LogP contribution in [-0.2, 0) is 4.74 Å². The molecule has 1 nitrogen and oxygen atoms in total. The zero-order valence-electron chi connectivity index (χ0n) is 9.78. The predicted molar refractivity (Wildman–Crippen MR) is 50.8 cm³/mol. The van der Waals surface area contributed by atoms with E-state index in [2.05, 4.69) is 4.74 Å². The molecule has 110 valence electrons. The Kier molecular flexibility index (Phi) is 2.97. The van der Waals surface area contributed by atoms with Crippen LogP contribution in [0.2, 0.25) is 0 Å². The summed E-state index contributed by atoms with van der Waals surface area (Å²) in [4.78, 5) is 0. The molecule has 3 atom stereocenters. The first kappa shape index (κ1) is 14.6. The maximum Gasteiger partial charge on any atom is 0.462 e. The number of alkyl halides is 7. The number of hydrogen-bond acceptors (Lipinski definition) is 1. The number of ether oxygens (including phenoxy) is 1. The summed E-state index contributed by atoms with van der Waals surface area (Å²) in [5.41, 5.74) is -0.459. The van der Waals surface area contributed by atoms with Crippen LogP contribution in [0.1, 0.15) is 19.8 Å². The lowest BCUT2D eigenvalue weighted by Crippen LogP contribution is -2.54. The highest BCUT2D eigenvalue weighted by Crippen LogP contribution is 2.54. The molecular formula is C11H11F7O. The van der Waals surface area contributed by atoms with Gasteiger partial charge in [-0.15, -0.1) is 0 Å². The molecule has 3 unspecified atom stereocenters. The van der Waals surface area contributed by atoms with Crippen molar-refractivity contribution in [3.63, 3.8) is 0 Å². The summed E-state index contributed by atoms with van der Waals surface area (Å²) in [6.45, 7) is 1.72. The van der Waals surface area contributed by atoms with Crippen LogP contribution in [0.3, 0.4) is 0 Å². The highest BCUT2D eigenvalue weighted by Gasteiger charge is 2.75. The molecule has 0 aromatic heterocycles. The van der Waals surface area contributed by atoms with Crippen LogP contribution in [0.25, 0.3) is 0 Å². The summed E-state index contributed by atoms with van der Waals surface area (Å²) in [6.07, 6.45) is -9.53. The van der Waals surface area contributed by atoms with Crippen molar-refractivity contribution < 1.29 is 35.5 Å². The van der Waals surface area contributed by atoms with Crippen molar-refractivity contribution in [2.45, 2.75) is 44.1 Å². The third kappa shape index (κ3) is 2.23. The average Bonchev–Trinajstić information content (AvgIpc) is 2.69. The molecule has 0 heterocycles. The zero-order chi connectivity index (χ0) is 14.7. The Morgan fingerprint density at radius 1 is 1.05 bits per heavy atom. The standard InChI is InChI=1S/C11H11F7O/c1-8-3-2-6(4-8)7(5-8)19-11(17,18)9(12,13)10(14,15)16/h2-3,6-7H,4-5H2,1H3. The first-order valence-electron chi connectivity index (χ1n) is 5.57. The van der Waals surface area contributed by atoms with E-state index in [1.165, 1.54) is 6.08 Å². The molecule has 0 spiro atoms. The van der Waals surface area contributed by atoms with Crippen LogP contribution < -0.4 is 0 Å². The summed E-state index contributed by atoms with van der Waals surface area (Å²) in [5, 5.41) is 0. The van der Waals surface area contributed by atoms with E-state index in [0.717, 1.165) is 0 Å². The molecule has 2 aliphatic rings. The maximum absolute atomic E-state index is 13.1. The van der Waals surface area contributed by atoms with Crippen LogP contribution in [0.4, 0.5) is 30.7 Å². The Morgan fingerprint density at radius 2 is 1.63 bits per heavy atom. The highest BCUT2D eigenvalue weighted by molar-refractivity contribution is 5.17. The van der Waals surface area contributed by atoms with Gasteiger partial charge in [0, 0.05) is 5.92 Å². The van der Waals surface area contributed by atoms with E-state index in [0.29, 0.717) is 6.42 Å². The predicted octanol–water partition coefficient (Wildman–Crippen LogP) is 4.15. The molecule has 19 heavy (non-hydrogen) atoms. The number of allylic oxidation sites excluding steroid dienone is 1. The minimum atomic E-state index is -6.35. The monoisotopic (exact) mass is 292 g/mol. The van der Waals surface area contributed by atoms with Crippen molar-refractivity contribution >= 4 is 0 Å². The fraction of sp³-hybridized carbons (Fsp3) is 0.818. The molecule has 1 saturated carbocycles. The van der Waals surface area contributed by atoms with Gasteiger partial charge in [-0.3, -0.25) is 0 Å². The number of fused-ring (bicyclic) bond motifs is 2. The van der Waals surface area contributed by atoms with E-state index >= 15 is 0 Å². The lowest BCUT2D eigenvalue weighted by atomic mass is 9.90. The molecule has 0 aliphatic heterocycles. The first-order valence-corrected chi connectivity index (χ1v) is 5.57. The van der Waals surface area contributed by atoms with Gasteiger partial charge in [-0.1, -0.05) is 19.1 Å². The minimum Gasteiger partial charge on any atom is -0.311 e. The van der Waals surface area contributed by atoms with E-state index in [-0.39, 0.29) is 6.42 Å². The van der Waals surface area contributed by atoms with Crippen molar-refractivity contribution in [3.05, 3.63) is 12.2 Å². The van der Waals surface area contributed by atoms with E-state index in [1.54, 1.807) is 13.0 Å². The van der Waals surface area contributed by atoms with Gasteiger partial charge in [-0.05, 0) is 18.3 Å². The van der Waals surface area contributed by atoms with E-state index in [1.807, 2.05) is 0 Å². The molecule has 2 aliphatic carbocycles. The molecule has 1 fully saturated rings. The second-order valence-corrected chi connectivity index (χ2v) is 5.33. The normalized spacial score (nSPS) is 35.2. The van der Waals surface area contributed by atoms with Crippen molar-refractivity contribution in [3.8, 4) is 0 Å². The summed E-state index contributed by atoms with van der Waals surface area (Å²) >= 11 is 0. The molecule has 0 aromatic rings. The molecule has 8 heteroatoms. The van der Waals surface area contributed by atoms with Gasteiger partial charge in [0.05, 0.1) is 6.10 Å². The van der Waals surface area contributed by atoms with Crippen LogP contribution >= 0.6 is 0 Å². The van der Waals surface area contributed by atoms with Gasteiger partial charge in [0.1, 0.15) is 0 Å². The zero-order valence-corrected chi connectivity index (χ0v) is 9.78. The topological polar surface area (TPSA) is 9.23 Å². The molecule has 0 saturated heterocycles. The summed E-state index contributed by atoms with van der Waals surface area (Å²) in [7, 11) is 0. The van der Waals surface area contributed by atoms with Gasteiger partial charge in [0.2, 0.25) is 0 Å². The second-order valence-electron chi connectivity index (χ2n) is 5.33. The Balaban J connectivity index is 2.13. The smallest absolute Gasteiger partial charge is 0.311 e. The number of rotatable bonds is 3. The van der Waals surface area contributed by atoms with Crippen LogP contribution in [0.15, 0.2) is 12.2 Å². The maximum atomic E-state index is 13.1. The molecule has 2 rings (SSSR count). The molecular weight excluding hydrogens is 281 g/mol. The van der Waals surface area contributed by atoms with Crippen molar-refractivity contribution in [1.82, 2.24) is 0 Å². The largest absolute Gasteiger partial charge is 0.462 e. The highest BCUT2D eigenvalue weighted by atomic mass is 19.4. The number of hydrogen-bond donors (Lipinski definition) is 0. The van der Waals surface area contributed by atoms with E-state index in [9.17, 15) is 30.7 Å². The average molecular weight is 292 g/mol. The van der Waals surface area contributed by atoms with Crippen LogP contribution in [0.5, 0.6) is 0 Å². The third-order valence-corrected chi connectivity index (χ3v) is 3.61. The molecule has 2 bridgehead atoms. The summed E-state index contributed by atoms with van der Waals surface area (Å²) < 4.78 is 91.2. The van der Waals surface area contributed by atoms with E-state index < -0.39 is 35.6 Å². The third-order valence-electron chi connectivity index (χ3n) is 3.61. The first-order chi connectivity index (χ1) is 8.38. The van der Waals surface area contributed by atoms with Gasteiger partial charge >= 0.3 is 18.2 Å². The number of halogens is 7. The van der Waals surface area contributed by atoms with Crippen molar-refractivity contribution in [2.75, 3.05) is 0 Å².